The van der Waals surface area contributed by atoms with Crippen molar-refractivity contribution in [2.45, 2.75) is 32.4 Å². The first-order valence-corrected chi connectivity index (χ1v) is 7.62. The number of aromatic nitrogens is 1. The van der Waals surface area contributed by atoms with Crippen LogP contribution in [-0.4, -0.2) is 11.0 Å². The van der Waals surface area contributed by atoms with Gasteiger partial charge in [-0.15, -0.1) is 0 Å². The Bertz CT molecular complexity index is 611. The van der Waals surface area contributed by atoms with Crippen LogP contribution in [0.4, 0.5) is 0 Å². The maximum Gasteiger partial charge on any atom is 0.219 e. The van der Waals surface area contributed by atoms with Crippen molar-refractivity contribution in [3.63, 3.8) is 0 Å². The van der Waals surface area contributed by atoms with Crippen molar-refractivity contribution in [1.29, 1.82) is 0 Å². The third kappa shape index (κ3) is 3.58. The highest BCUT2D eigenvalue weighted by molar-refractivity contribution is 9.10. The second-order valence-corrected chi connectivity index (χ2v) is 6.09. The van der Waals surface area contributed by atoms with Crippen LogP contribution in [0, 0.1) is 6.92 Å². The highest BCUT2D eigenvalue weighted by Gasteiger charge is 2.19. The summed E-state index contributed by atoms with van der Waals surface area (Å²) in [5, 5.41) is 3.49. The van der Waals surface area contributed by atoms with Crippen LogP contribution in [0.1, 0.15) is 24.0 Å². The zero-order valence-corrected chi connectivity index (χ0v) is 13.0. The molecule has 1 heterocycles. The van der Waals surface area contributed by atoms with E-state index in [0.29, 0.717) is 11.9 Å². The third-order valence-electron chi connectivity index (χ3n) is 3.34. The van der Waals surface area contributed by atoms with Crippen molar-refractivity contribution in [2.75, 3.05) is 0 Å². The molecule has 1 aromatic carbocycles. The number of aryl methyl sites for hydroxylation is 1. The standard InChI is InChI=1S/C16H17BrN2O/c1-11-2-3-13(17)9-15(11)20-16-8-12(6-7-18-16)10-19-14-4-5-14/h2-3,6-9,14,19H,4-5,10H2,1H3. The van der Waals surface area contributed by atoms with Gasteiger partial charge in [-0.05, 0) is 49.1 Å². The second-order valence-electron chi connectivity index (χ2n) is 5.17. The number of pyridine rings is 1. The topological polar surface area (TPSA) is 34.1 Å². The zero-order valence-electron chi connectivity index (χ0n) is 11.4. The SMILES string of the molecule is Cc1ccc(Br)cc1Oc1cc(CNC2CC2)ccn1. The van der Waals surface area contributed by atoms with Gasteiger partial charge in [0.2, 0.25) is 5.88 Å². The van der Waals surface area contributed by atoms with Crippen LogP contribution < -0.4 is 10.1 Å². The number of ether oxygens (including phenoxy) is 1. The zero-order chi connectivity index (χ0) is 13.9. The summed E-state index contributed by atoms with van der Waals surface area (Å²) in [6.07, 6.45) is 4.39. The first-order chi connectivity index (χ1) is 9.70. The molecular formula is C16H17BrN2O. The maximum absolute atomic E-state index is 5.88. The summed E-state index contributed by atoms with van der Waals surface area (Å²) in [7, 11) is 0. The molecule has 3 nitrogen and oxygen atoms in total. The number of hydrogen-bond donors (Lipinski definition) is 1. The summed E-state index contributed by atoms with van der Waals surface area (Å²) < 4.78 is 6.89. The summed E-state index contributed by atoms with van der Waals surface area (Å²) in [6, 6.07) is 10.7. The minimum atomic E-state index is 0.640. The molecule has 0 radical (unpaired) electrons. The molecular weight excluding hydrogens is 316 g/mol. The smallest absolute Gasteiger partial charge is 0.219 e. The van der Waals surface area contributed by atoms with Crippen LogP contribution in [0.5, 0.6) is 11.6 Å². The average Bonchev–Trinajstić information content (AvgIpc) is 3.25. The molecule has 0 atom stereocenters. The summed E-state index contributed by atoms with van der Waals surface area (Å²) in [5.74, 6) is 1.47. The normalized spacial score (nSPS) is 14.3. The molecule has 2 aromatic rings. The fourth-order valence-electron chi connectivity index (χ4n) is 1.96. The molecule has 1 aromatic heterocycles. The van der Waals surface area contributed by atoms with Gasteiger partial charge in [-0.1, -0.05) is 22.0 Å². The number of rotatable bonds is 5. The lowest BCUT2D eigenvalue weighted by Crippen LogP contribution is -2.15. The predicted molar refractivity (Wildman–Crippen MR) is 83.1 cm³/mol. The van der Waals surface area contributed by atoms with Gasteiger partial charge in [0, 0.05) is 29.3 Å². The molecule has 20 heavy (non-hydrogen) atoms. The van der Waals surface area contributed by atoms with Crippen LogP contribution in [0.3, 0.4) is 0 Å². The van der Waals surface area contributed by atoms with E-state index in [-0.39, 0.29) is 0 Å². The van der Waals surface area contributed by atoms with Gasteiger partial charge in [-0.25, -0.2) is 4.98 Å². The summed E-state index contributed by atoms with van der Waals surface area (Å²) in [6.45, 7) is 2.90. The Labute approximate surface area is 127 Å². The van der Waals surface area contributed by atoms with Gasteiger partial charge in [0.15, 0.2) is 0 Å². The van der Waals surface area contributed by atoms with E-state index in [4.69, 9.17) is 4.74 Å². The van der Waals surface area contributed by atoms with Crippen LogP contribution >= 0.6 is 15.9 Å². The number of benzene rings is 1. The van der Waals surface area contributed by atoms with Gasteiger partial charge in [0.25, 0.3) is 0 Å². The highest BCUT2D eigenvalue weighted by atomic mass is 79.9. The van der Waals surface area contributed by atoms with E-state index in [1.54, 1.807) is 6.20 Å². The van der Waals surface area contributed by atoms with Crippen LogP contribution in [0.25, 0.3) is 0 Å². The molecule has 0 unspecified atom stereocenters. The Kier molecular flexibility index (Phi) is 4.03. The molecule has 3 rings (SSSR count). The third-order valence-corrected chi connectivity index (χ3v) is 3.83. The van der Waals surface area contributed by atoms with Crippen molar-refractivity contribution in [1.82, 2.24) is 10.3 Å². The van der Waals surface area contributed by atoms with E-state index >= 15 is 0 Å². The molecule has 0 spiro atoms. The van der Waals surface area contributed by atoms with E-state index < -0.39 is 0 Å². The molecule has 1 aliphatic carbocycles. The monoisotopic (exact) mass is 332 g/mol. The predicted octanol–water partition coefficient (Wildman–Crippen LogP) is 4.20. The molecule has 0 saturated heterocycles. The van der Waals surface area contributed by atoms with Gasteiger partial charge in [-0.3, -0.25) is 0 Å². The Morgan fingerprint density at radius 3 is 2.95 bits per heavy atom. The van der Waals surface area contributed by atoms with Crippen molar-refractivity contribution >= 4 is 15.9 Å². The van der Waals surface area contributed by atoms with Gasteiger partial charge >= 0.3 is 0 Å². The van der Waals surface area contributed by atoms with Gasteiger partial charge in [0.05, 0.1) is 0 Å². The lowest BCUT2D eigenvalue weighted by molar-refractivity contribution is 0.458. The van der Waals surface area contributed by atoms with E-state index in [1.165, 1.54) is 18.4 Å². The molecule has 1 fully saturated rings. The Balaban J connectivity index is 1.72. The summed E-state index contributed by atoms with van der Waals surface area (Å²) >= 11 is 3.46. The quantitative estimate of drug-likeness (QED) is 0.891. The fraction of sp³-hybridized carbons (Fsp3) is 0.312. The van der Waals surface area contributed by atoms with Gasteiger partial charge in [0.1, 0.15) is 5.75 Å². The van der Waals surface area contributed by atoms with Crippen LogP contribution in [0.15, 0.2) is 41.0 Å². The lowest BCUT2D eigenvalue weighted by atomic mass is 10.2. The number of hydrogen-bond acceptors (Lipinski definition) is 3. The molecule has 4 heteroatoms. The van der Waals surface area contributed by atoms with E-state index in [1.807, 2.05) is 37.3 Å². The first kappa shape index (κ1) is 13.6. The Morgan fingerprint density at radius 1 is 1.30 bits per heavy atom. The second kappa shape index (κ2) is 5.94. The molecule has 0 aliphatic heterocycles. The van der Waals surface area contributed by atoms with Crippen LogP contribution in [-0.2, 0) is 6.54 Å². The van der Waals surface area contributed by atoms with Crippen LogP contribution in [0.2, 0.25) is 0 Å². The Hall–Kier alpha value is -1.39. The lowest BCUT2D eigenvalue weighted by Gasteiger charge is -2.09. The van der Waals surface area contributed by atoms with E-state index in [9.17, 15) is 0 Å². The largest absolute Gasteiger partial charge is 0.439 e. The Morgan fingerprint density at radius 2 is 2.15 bits per heavy atom. The molecule has 0 amide bonds. The maximum atomic E-state index is 5.88. The van der Waals surface area contributed by atoms with Crippen molar-refractivity contribution < 1.29 is 4.74 Å². The molecule has 1 N–H and O–H groups in total. The van der Waals surface area contributed by atoms with E-state index in [0.717, 1.165) is 22.3 Å². The minimum Gasteiger partial charge on any atom is -0.439 e. The van der Waals surface area contributed by atoms with Crippen molar-refractivity contribution in [3.05, 3.63) is 52.1 Å². The number of nitrogens with one attached hydrogen (secondary N) is 1. The fourth-order valence-corrected chi connectivity index (χ4v) is 2.30. The van der Waals surface area contributed by atoms with Crippen molar-refractivity contribution in [3.8, 4) is 11.6 Å². The summed E-state index contributed by atoms with van der Waals surface area (Å²) in [4.78, 5) is 4.28. The highest BCUT2D eigenvalue weighted by Crippen LogP contribution is 2.27. The molecule has 104 valence electrons. The average molecular weight is 333 g/mol. The minimum absolute atomic E-state index is 0.640. The van der Waals surface area contributed by atoms with E-state index in [2.05, 4.69) is 26.2 Å². The number of nitrogens with zero attached hydrogens (tertiary/aromatic N) is 1. The van der Waals surface area contributed by atoms with Gasteiger partial charge in [-0.2, -0.15) is 0 Å². The number of halogens is 1. The summed E-state index contributed by atoms with van der Waals surface area (Å²) in [5.41, 5.74) is 2.30. The first-order valence-electron chi connectivity index (χ1n) is 6.83. The molecule has 1 saturated carbocycles. The van der Waals surface area contributed by atoms with Crippen molar-refractivity contribution in [2.24, 2.45) is 0 Å². The molecule has 1 aliphatic rings. The van der Waals surface area contributed by atoms with Gasteiger partial charge < -0.3 is 10.1 Å². The molecule has 0 bridgehead atoms.